The van der Waals surface area contributed by atoms with Gasteiger partial charge in [0, 0.05) is 25.7 Å². The first-order chi connectivity index (χ1) is 8.19. The average molecular weight is 234 g/mol. The lowest BCUT2D eigenvalue weighted by molar-refractivity contribution is -0.0567. The molecule has 0 amide bonds. The summed E-state index contributed by atoms with van der Waals surface area (Å²) in [5, 5.41) is 0. The Kier molecular flexibility index (Phi) is 4.15. The van der Waals surface area contributed by atoms with E-state index < -0.39 is 0 Å². The van der Waals surface area contributed by atoms with Crippen LogP contribution in [-0.4, -0.2) is 36.7 Å². The van der Waals surface area contributed by atoms with E-state index in [2.05, 4.69) is 43.0 Å². The van der Waals surface area contributed by atoms with E-state index in [0.717, 1.165) is 19.7 Å². The number of morpholine rings is 1. The number of rotatable bonds is 3. The van der Waals surface area contributed by atoms with Gasteiger partial charge in [0.25, 0.3) is 0 Å². The number of benzene rings is 1. The van der Waals surface area contributed by atoms with Crippen molar-refractivity contribution in [2.75, 3.05) is 19.7 Å². The van der Waals surface area contributed by atoms with Crippen LogP contribution in [0.25, 0.3) is 0 Å². The molecule has 2 N–H and O–H groups in total. The van der Waals surface area contributed by atoms with Crippen LogP contribution in [0, 0.1) is 6.92 Å². The van der Waals surface area contributed by atoms with Gasteiger partial charge in [-0.3, -0.25) is 4.90 Å². The standard InChI is InChI=1S/C14H22N2O/c1-11-4-3-5-13(6-11)8-16-9-14(7-15)17-10-12(16)2/h3-6,12,14H,7-10,15H2,1-2H3. The molecule has 1 aliphatic heterocycles. The molecule has 1 aromatic carbocycles. The lowest BCUT2D eigenvalue weighted by atomic mass is 10.1. The monoisotopic (exact) mass is 234 g/mol. The van der Waals surface area contributed by atoms with E-state index in [-0.39, 0.29) is 6.10 Å². The fourth-order valence-electron chi connectivity index (χ4n) is 2.28. The third kappa shape index (κ3) is 3.28. The molecule has 1 aliphatic rings. The van der Waals surface area contributed by atoms with Crippen LogP contribution in [0.2, 0.25) is 0 Å². The van der Waals surface area contributed by atoms with Gasteiger partial charge in [-0.2, -0.15) is 0 Å². The maximum Gasteiger partial charge on any atom is 0.0824 e. The van der Waals surface area contributed by atoms with Crippen molar-refractivity contribution >= 4 is 0 Å². The number of hydrogen-bond donors (Lipinski definition) is 1. The molecule has 1 fully saturated rings. The van der Waals surface area contributed by atoms with Gasteiger partial charge in [-0.25, -0.2) is 0 Å². The van der Waals surface area contributed by atoms with Crippen LogP contribution in [0.15, 0.2) is 24.3 Å². The van der Waals surface area contributed by atoms with E-state index in [1.807, 2.05) is 0 Å². The summed E-state index contributed by atoms with van der Waals surface area (Å²) in [4.78, 5) is 2.45. The topological polar surface area (TPSA) is 38.5 Å². The Bertz CT molecular complexity index is 367. The molecule has 0 saturated carbocycles. The van der Waals surface area contributed by atoms with Gasteiger partial charge < -0.3 is 10.5 Å². The largest absolute Gasteiger partial charge is 0.374 e. The van der Waals surface area contributed by atoms with Gasteiger partial charge in [0.1, 0.15) is 0 Å². The van der Waals surface area contributed by atoms with Gasteiger partial charge in [-0.05, 0) is 19.4 Å². The van der Waals surface area contributed by atoms with Crippen molar-refractivity contribution in [3.05, 3.63) is 35.4 Å². The molecule has 0 spiro atoms. The average Bonchev–Trinajstić information content (AvgIpc) is 2.32. The van der Waals surface area contributed by atoms with E-state index in [4.69, 9.17) is 10.5 Å². The Labute approximate surface area is 104 Å². The third-order valence-electron chi connectivity index (χ3n) is 3.37. The van der Waals surface area contributed by atoms with Gasteiger partial charge in [0.2, 0.25) is 0 Å². The first-order valence-electron chi connectivity index (χ1n) is 6.30. The van der Waals surface area contributed by atoms with Crippen molar-refractivity contribution in [3.63, 3.8) is 0 Å². The molecule has 1 saturated heterocycles. The zero-order chi connectivity index (χ0) is 12.3. The van der Waals surface area contributed by atoms with E-state index in [1.165, 1.54) is 11.1 Å². The Morgan fingerprint density at radius 1 is 1.47 bits per heavy atom. The first-order valence-corrected chi connectivity index (χ1v) is 6.30. The number of hydrogen-bond acceptors (Lipinski definition) is 3. The highest BCUT2D eigenvalue weighted by atomic mass is 16.5. The number of ether oxygens (including phenoxy) is 1. The summed E-state index contributed by atoms with van der Waals surface area (Å²) in [5.74, 6) is 0. The molecule has 1 aromatic rings. The Morgan fingerprint density at radius 2 is 2.29 bits per heavy atom. The molecular weight excluding hydrogens is 212 g/mol. The van der Waals surface area contributed by atoms with Crippen molar-refractivity contribution in [2.24, 2.45) is 5.73 Å². The molecule has 2 rings (SSSR count). The summed E-state index contributed by atoms with van der Waals surface area (Å²) in [7, 11) is 0. The zero-order valence-corrected chi connectivity index (χ0v) is 10.7. The lowest BCUT2D eigenvalue weighted by Crippen LogP contribution is -2.49. The smallest absolute Gasteiger partial charge is 0.0824 e. The van der Waals surface area contributed by atoms with Crippen LogP contribution in [0.5, 0.6) is 0 Å². The van der Waals surface area contributed by atoms with Gasteiger partial charge in [0.05, 0.1) is 12.7 Å². The molecule has 2 atom stereocenters. The fraction of sp³-hybridized carbons (Fsp3) is 0.571. The van der Waals surface area contributed by atoms with Gasteiger partial charge in [-0.1, -0.05) is 29.8 Å². The number of nitrogens with two attached hydrogens (primary N) is 1. The van der Waals surface area contributed by atoms with Crippen molar-refractivity contribution in [1.82, 2.24) is 4.90 Å². The lowest BCUT2D eigenvalue weighted by Gasteiger charge is -2.37. The molecule has 1 heterocycles. The highest BCUT2D eigenvalue weighted by molar-refractivity contribution is 5.22. The number of nitrogens with zero attached hydrogens (tertiary/aromatic N) is 1. The normalized spacial score (nSPS) is 26.1. The van der Waals surface area contributed by atoms with E-state index in [9.17, 15) is 0 Å². The summed E-state index contributed by atoms with van der Waals surface area (Å²) < 4.78 is 5.66. The molecule has 3 heteroatoms. The predicted octanol–water partition coefficient (Wildman–Crippen LogP) is 1.54. The fourth-order valence-corrected chi connectivity index (χ4v) is 2.28. The summed E-state index contributed by atoms with van der Waals surface area (Å²) >= 11 is 0. The highest BCUT2D eigenvalue weighted by Crippen LogP contribution is 2.15. The van der Waals surface area contributed by atoms with E-state index in [0.29, 0.717) is 12.6 Å². The Hall–Kier alpha value is -0.900. The van der Waals surface area contributed by atoms with E-state index in [1.54, 1.807) is 0 Å². The summed E-state index contributed by atoms with van der Waals surface area (Å²) in [6.07, 6.45) is 0.191. The van der Waals surface area contributed by atoms with Crippen LogP contribution in [0.1, 0.15) is 18.1 Å². The second-order valence-electron chi connectivity index (χ2n) is 4.96. The molecule has 17 heavy (non-hydrogen) atoms. The minimum absolute atomic E-state index is 0.191. The molecule has 2 unspecified atom stereocenters. The maximum atomic E-state index is 5.68. The van der Waals surface area contributed by atoms with Crippen LogP contribution >= 0.6 is 0 Å². The first kappa shape index (κ1) is 12.6. The van der Waals surface area contributed by atoms with Crippen LogP contribution in [0.3, 0.4) is 0 Å². The van der Waals surface area contributed by atoms with Crippen molar-refractivity contribution in [3.8, 4) is 0 Å². The highest BCUT2D eigenvalue weighted by Gasteiger charge is 2.24. The molecule has 0 aromatic heterocycles. The van der Waals surface area contributed by atoms with Crippen LogP contribution < -0.4 is 5.73 Å². The maximum absolute atomic E-state index is 5.68. The van der Waals surface area contributed by atoms with Crippen LogP contribution in [-0.2, 0) is 11.3 Å². The van der Waals surface area contributed by atoms with Crippen molar-refractivity contribution < 1.29 is 4.74 Å². The van der Waals surface area contributed by atoms with Gasteiger partial charge in [0.15, 0.2) is 0 Å². The second kappa shape index (κ2) is 5.63. The van der Waals surface area contributed by atoms with Crippen molar-refractivity contribution in [2.45, 2.75) is 32.5 Å². The number of aryl methyl sites for hydroxylation is 1. The third-order valence-corrected chi connectivity index (χ3v) is 3.37. The minimum Gasteiger partial charge on any atom is -0.374 e. The summed E-state index contributed by atoms with van der Waals surface area (Å²) in [5.41, 5.74) is 8.36. The quantitative estimate of drug-likeness (QED) is 0.862. The van der Waals surface area contributed by atoms with Crippen molar-refractivity contribution in [1.29, 1.82) is 0 Å². The molecule has 0 aliphatic carbocycles. The molecule has 94 valence electrons. The Balaban J connectivity index is 2.01. The van der Waals surface area contributed by atoms with Crippen LogP contribution in [0.4, 0.5) is 0 Å². The zero-order valence-electron chi connectivity index (χ0n) is 10.7. The summed E-state index contributed by atoms with van der Waals surface area (Å²) in [6.45, 7) is 7.66. The summed E-state index contributed by atoms with van der Waals surface area (Å²) in [6, 6.07) is 9.16. The minimum atomic E-state index is 0.191. The second-order valence-corrected chi connectivity index (χ2v) is 4.96. The SMILES string of the molecule is Cc1cccc(CN2CC(CN)OCC2C)c1. The van der Waals surface area contributed by atoms with Gasteiger partial charge in [-0.15, -0.1) is 0 Å². The molecule has 0 bridgehead atoms. The molecule has 3 nitrogen and oxygen atoms in total. The van der Waals surface area contributed by atoms with E-state index >= 15 is 0 Å². The molecular formula is C14H22N2O. The Morgan fingerprint density at radius 3 is 3.00 bits per heavy atom. The van der Waals surface area contributed by atoms with Gasteiger partial charge >= 0.3 is 0 Å². The molecule has 0 radical (unpaired) electrons. The predicted molar refractivity (Wildman–Crippen MR) is 69.8 cm³/mol.